The number of nitrogens with zero attached hydrogens (tertiary/aromatic N) is 4. The van der Waals surface area contributed by atoms with Crippen molar-refractivity contribution < 1.29 is 27.9 Å². The van der Waals surface area contributed by atoms with Gasteiger partial charge in [-0.3, -0.25) is 19.9 Å². The molecule has 1 fully saturated rings. The van der Waals surface area contributed by atoms with Crippen LogP contribution in [0.2, 0.25) is 0 Å². The number of methoxy groups -OCH3 is 1. The molecule has 11 heteroatoms. The fraction of sp³-hybridized carbons (Fsp3) is 0.333. The smallest absolute Gasteiger partial charge is 0.422 e. The molecule has 3 aromatic carbocycles. The molecule has 1 saturated heterocycles. The first-order valence-electron chi connectivity index (χ1n) is 13.3. The lowest BCUT2D eigenvalue weighted by atomic mass is 9.91. The lowest BCUT2D eigenvalue weighted by molar-refractivity contribution is -0.384. The molecule has 1 N–H and O–H groups in total. The number of nitro benzene ring substituents is 1. The summed E-state index contributed by atoms with van der Waals surface area (Å²) < 4.78 is 51.2. The zero-order chi connectivity index (χ0) is 29.2. The molecule has 41 heavy (non-hydrogen) atoms. The van der Waals surface area contributed by atoms with E-state index in [1.165, 1.54) is 29.0 Å². The highest BCUT2D eigenvalue weighted by Gasteiger charge is 2.57. The summed E-state index contributed by atoms with van der Waals surface area (Å²) >= 11 is 0. The van der Waals surface area contributed by atoms with Crippen LogP contribution in [0, 0.1) is 10.1 Å². The zero-order valence-corrected chi connectivity index (χ0v) is 22.6. The van der Waals surface area contributed by atoms with Gasteiger partial charge in [0.15, 0.2) is 0 Å². The largest absolute Gasteiger partial charge is 0.496 e. The number of aromatic nitrogens is 1. The van der Waals surface area contributed by atoms with E-state index in [0.29, 0.717) is 32.7 Å². The maximum absolute atomic E-state index is 14.7. The van der Waals surface area contributed by atoms with E-state index >= 15 is 0 Å². The van der Waals surface area contributed by atoms with Crippen molar-refractivity contribution in [3.8, 4) is 5.75 Å². The van der Waals surface area contributed by atoms with Gasteiger partial charge in [-0.05, 0) is 17.7 Å². The van der Waals surface area contributed by atoms with Crippen LogP contribution in [0.4, 0.5) is 18.9 Å². The van der Waals surface area contributed by atoms with Gasteiger partial charge >= 0.3 is 6.18 Å². The first-order chi connectivity index (χ1) is 19.6. The summed E-state index contributed by atoms with van der Waals surface area (Å²) in [6, 6.07) is 20.5. The molecule has 0 radical (unpaired) electrons. The highest BCUT2D eigenvalue weighted by Crippen LogP contribution is 2.44. The van der Waals surface area contributed by atoms with Crippen LogP contribution in [0.25, 0.3) is 10.9 Å². The molecule has 1 atom stereocenters. The van der Waals surface area contributed by atoms with E-state index in [-0.39, 0.29) is 28.7 Å². The molecule has 2 heterocycles. The van der Waals surface area contributed by atoms with Crippen LogP contribution in [0.3, 0.4) is 0 Å². The molecule has 5 rings (SSSR count). The number of fused-ring (bicyclic) bond motifs is 1. The maximum atomic E-state index is 14.7. The van der Waals surface area contributed by atoms with Gasteiger partial charge in [0, 0.05) is 80.7 Å². The number of para-hydroxylation sites is 1. The Morgan fingerprint density at radius 1 is 0.927 bits per heavy atom. The molecule has 4 aromatic rings. The number of hydrogen-bond acceptors (Lipinski definition) is 6. The number of hydrogen-bond donors (Lipinski definition) is 1. The summed E-state index contributed by atoms with van der Waals surface area (Å²) in [4.78, 5) is 14.7. The number of benzene rings is 3. The van der Waals surface area contributed by atoms with Gasteiger partial charge in [-0.2, -0.15) is 13.2 Å². The third kappa shape index (κ3) is 5.92. The minimum atomic E-state index is -4.99. The molecule has 1 aromatic heterocycles. The summed E-state index contributed by atoms with van der Waals surface area (Å²) in [6.07, 6.45) is -3.71. The fourth-order valence-corrected chi connectivity index (χ4v) is 5.47. The standard InChI is InChI=1S/C30H31F3N4O4/c1-41-28-10-6-5-9-23(28)19-34-13-15-35(16-14-34)21-29(38,30(31,32)33)26-20-36(18-22-7-3-2-4-8-22)27-17-24(37(39)40)11-12-25(26)27/h2-12,17,20,38H,13-16,18-19,21H2,1H3. The van der Waals surface area contributed by atoms with Crippen LogP contribution in [0.1, 0.15) is 16.7 Å². The second kappa shape index (κ2) is 11.5. The van der Waals surface area contributed by atoms with Crippen molar-refractivity contribution >= 4 is 16.6 Å². The molecule has 0 saturated carbocycles. The molecule has 1 aliphatic heterocycles. The molecule has 0 aliphatic carbocycles. The van der Waals surface area contributed by atoms with E-state index in [0.717, 1.165) is 16.9 Å². The molecule has 1 aliphatic rings. The second-order valence-electron chi connectivity index (χ2n) is 10.3. The fourth-order valence-electron chi connectivity index (χ4n) is 5.47. The van der Waals surface area contributed by atoms with Crippen molar-refractivity contribution in [2.45, 2.75) is 24.9 Å². The Morgan fingerprint density at radius 3 is 2.24 bits per heavy atom. The van der Waals surface area contributed by atoms with Crippen LogP contribution < -0.4 is 4.74 Å². The van der Waals surface area contributed by atoms with Gasteiger partial charge in [-0.1, -0.05) is 48.5 Å². The van der Waals surface area contributed by atoms with E-state index in [1.54, 1.807) is 12.0 Å². The van der Waals surface area contributed by atoms with Crippen molar-refractivity contribution in [2.75, 3.05) is 39.8 Å². The Hall–Kier alpha value is -3.93. The van der Waals surface area contributed by atoms with Gasteiger partial charge in [0.25, 0.3) is 5.69 Å². The number of nitro groups is 1. The lowest BCUT2D eigenvalue weighted by Crippen LogP contribution is -2.55. The Bertz CT molecular complexity index is 1520. The van der Waals surface area contributed by atoms with E-state index in [2.05, 4.69) is 4.90 Å². The summed E-state index contributed by atoms with van der Waals surface area (Å²) in [5.41, 5.74) is -1.68. The van der Waals surface area contributed by atoms with E-state index in [1.807, 2.05) is 54.6 Å². The SMILES string of the molecule is COc1ccccc1CN1CCN(CC(O)(c2cn(Cc3ccccc3)c3cc([N+](=O)[O-])ccc23)C(F)(F)F)CC1. The van der Waals surface area contributed by atoms with Crippen molar-refractivity contribution in [1.29, 1.82) is 0 Å². The third-order valence-electron chi connectivity index (χ3n) is 7.69. The molecule has 0 amide bonds. The Balaban J connectivity index is 1.43. The van der Waals surface area contributed by atoms with Gasteiger partial charge in [0.2, 0.25) is 5.60 Å². The highest BCUT2D eigenvalue weighted by molar-refractivity contribution is 5.87. The minimum absolute atomic E-state index is 0.126. The van der Waals surface area contributed by atoms with Crippen LogP contribution in [-0.2, 0) is 18.7 Å². The van der Waals surface area contributed by atoms with Gasteiger partial charge in [0.1, 0.15) is 5.75 Å². The number of ether oxygens (including phenoxy) is 1. The van der Waals surface area contributed by atoms with E-state index in [4.69, 9.17) is 4.74 Å². The molecular formula is C30H31F3N4O4. The number of halogens is 3. The normalized spacial score (nSPS) is 16.5. The molecule has 0 bridgehead atoms. The van der Waals surface area contributed by atoms with Gasteiger partial charge in [0.05, 0.1) is 17.5 Å². The Labute approximate surface area is 235 Å². The minimum Gasteiger partial charge on any atom is -0.496 e. The van der Waals surface area contributed by atoms with Crippen molar-refractivity contribution in [2.24, 2.45) is 0 Å². The van der Waals surface area contributed by atoms with Crippen LogP contribution in [0.5, 0.6) is 5.75 Å². The zero-order valence-electron chi connectivity index (χ0n) is 22.6. The van der Waals surface area contributed by atoms with Crippen LogP contribution >= 0.6 is 0 Å². The molecule has 1 unspecified atom stereocenters. The van der Waals surface area contributed by atoms with Gasteiger partial charge < -0.3 is 14.4 Å². The number of aliphatic hydroxyl groups is 1. The Kier molecular flexibility index (Phi) is 8.03. The van der Waals surface area contributed by atoms with Crippen molar-refractivity contribution in [3.63, 3.8) is 0 Å². The topological polar surface area (TPSA) is 84.0 Å². The third-order valence-corrected chi connectivity index (χ3v) is 7.69. The number of non-ortho nitro benzene ring substituents is 1. The first-order valence-corrected chi connectivity index (χ1v) is 13.3. The average Bonchev–Trinajstić information content (AvgIpc) is 3.32. The first kappa shape index (κ1) is 28.6. The van der Waals surface area contributed by atoms with Crippen LogP contribution in [0.15, 0.2) is 79.0 Å². The predicted molar refractivity (Wildman–Crippen MR) is 149 cm³/mol. The maximum Gasteiger partial charge on any atom is 0.422 e. The molecule has 216 valence electrons. The summed E-state index contributed by atoms with van der Waals surface area (Å²) in [5, 5.41) is 23.0. The number of rotatable bonds is 9. The number of piperazine rings is 1. The highest BCUT2D eigenvalue weighted by atomic mass is 19.4. The second-order valence-corrected chi connectivity index (χ2v) is 10.3. The summed E-state index contributed by atoms with van der Waals surface area (Å²) in [6.45, 7) is 1.85. The summed E-state index contributed by atoms with van der Waals surface area (Å²) in [5.74, 6) is 0.758. The predicted octanol–water partition coefficient (Wildman–Crippen LogP) is 5.17. The monoisotopic (exact) mass is 568 g/mol. The van der Waals surface area contributed by atoms with Gasteiger partial charge in [-0.25, -0.2) is 0 Å². The number of β-amino-alcohol motifs (C(OH)–C–C–N with tert-alkyl or cyclic N) is 1. The molecule has 8 nitrogen and oxygen atoms in total. The summed E-state index contributed by atoms with van der Waals surface area (Å²) in [7, 11) is 1.60. The van der Waals surface area contributed by atoms with Crippen molar-refractivity contribution in [3.05, 3.63) is 106 Å². The number of alkyl halides is 3. The Morgan fingerprint density at radius 2 is 1.59 bits per heavy atom. The van der Waals surface area contributed by atoms with Gasteiger partial charge in [-0.15, -0.1) is 0 Å². The lowest BCUT2D eigenvalue weighted by Gasteiger charge is -2.40. The van der Waals surface area contributed by atoms with Crippen molar-refractivity contribution in [1.82, 2.24) is 14.4 Å². The quantitative estimate of drug-likeness (QED) is 0.222. The van der Waals surface area contributed by atoms with E-state index in [9.17, 15) is 28.4 Å². The average molecular weight is 569 g/mol. The van der Waals surface area contributed by atoms with Crippen LogP contribution in [-0.4, -0.2) is 70.4 Å². The van der Waals surface area contributed by atoms with E-state index < -0.39 is 23.2 Å². The molecular weight excluding hydrogens is 537 g/mol. The molecule has 0 spiro atoms.